The standard InChI is InChI=1S/C19H12ClN3O7S/c1-30-19(25)16-15(10-2-4-12(20)5-3-10)9-31-18(16)21-17(24)11-6-13(22(26)27)8-14(7-11)23(28)29/h2-9H,1H3,(H,21,24). The maximum atomic E-state index is 12.7. The number of nitrogens with one attached hydrogen (secondary N) is 1. The van der Waals surface area contributed by atoms with E-state index in [1.165, 1.54) is 7.11 Å². The molecule has 1 heterocycles. The fourth-order valence-electron chi connectivity index (χ4n) is 2.71. The summed E-state index contributed by atoms with van der Waals surface area (Å²) in [5, 5.41) is 26.8. The van der Waals surface area contributed by atoms with Gasteiger partial charge in [-0.3, -0.25) is 25.0 Å². The highest BCUT2D eigenvalue weighted by molar-refractivity contribution is 7.15. The summed E-state index contributed by atoms with van der Waals surface area (Å²) in [6, 6.07) is 9.22. The molecule has 1 amide bonds. The Morgan fingerprint density at radius 1 is 1.03 bits per heavy atom. The summed E-state index contributed by atoms with van der Waals surface area (Å²) in [4.78, 5) is 45.5. The van der Waals surface area contributed by atoms with Crippen LogP contribution in [0.4, 0.5) is 16.4 Å². The highest BCUT2D eigenvalue weighted by Gasteiger charge is 2.25. The summed E-state index contributed by atoms with van der Waals surface area (Å²) < 4.78 is 4.82. The zero-order valence-corrected chi connectivity index (χ0v) is 17.2. The van der Waals surface area contributed by atoms with E-state index in [0.29, 0.717) is 16.1 Å². The van der Waals surface area contributed by atoms with Crippen LogP contribution >= 0.6 is 22.9 Å². The van der Waals surface area contributed by atoms with Crippen LogP contribution in [0, 0.1) is 20.2 Å². The first-order valence-corrected chi connectivity index (χ1v) is 9.68. The van der Waals surface area contributed by atoms with Gasteiger partial charge in [-0.1, -0.05) is 23.7 Å². The number of benzene rings is 2. The molecular weight excluding hydrogens is 450 g/mol. The largest absolute Gasteiger partial charge is 0.465 e. The van der Waals surface area contributed by atoms with E-state index in [2.05, 4.69) is 5.32 Å². The molecule has 1 N–H and O–H groups in total. The van der Waals surface area contributed by atoms with Crippen molar-refractivity contribution in [2.24, 2.45) is 0 Å². The molecule has 3 aromatic rings. The zero-order chi connectivity index (χ0) is 22.7. The van der Waals surface area contributed by atoms with Crippen molar-refractivity contribution in [2.45, 2.75) is 0 Å². The van der Waals surface area contributed by atoms with E-state index >= 15 is 0 Å². The number of halogens is 1. The number of hydrogen-bond donors (Lipinski definition) is 1. The average molecular weight is 462 g/mol. The number of rotatable bonds is 6. The molecule has 0 bridgehead atoms. The number of hydrogen-bond acceptors (Lipinski definition) is 8. The lowest BCUT2D eigenvalue weighted by Crippen LogP contribution is -2.14. The summed E-state index contributed by atoms with van der Waals surface area (Å²) in [6.45, 7) is 0. The lowest BCUT2D eigenvalue weighted by molar-refractivity contribution is -0.394. The van der Waals surface area contributed by atoms with Crippen molar-refractivity contribution in [1.82, 2.24) is 0 Å². The van der Waals surface area contributed by atoms with E-state index < -0.39 is 33.1 Å². The quantitative estimate of drug-likeness (QED) is 0.311. The van der Waals surface area contributed by atoms with Crippen LogP contribution in [0.1, 0.15) is 20.7 Å². The smallest absolute Gasteiger partial charge is 0.341 e. The minimum absolute atomic E-state index is 0.0723. The lowest BCUT2D eigenvalue weighted by atomic mass is 10.0. The molecular formula is C19H12ClN3O7S. The summed E-state index contributed by atoms with van der Waals surface area (Å²) in [7, 11) is 1.18. The van der Waals surface area contributed by atoms with Crippen LogP contribution in [-0.2, 0) is 4.74 Å². The molecule has 3 rings (SSSR count). The minimum Gasteiger partial charge on any atom is -0.465 e. The topological polar surface area (TPSA) is 142 Å². The summed E-state index contributed by atoms with van der Waals surface area (Å²) in [6.07, 6.45) is 0. The molecule has 0 radical (unpaired) electrons. The van der Waals surface area contributed by atoms with E-state index in [9.17, 15) is 29.8 Å². The second-order valence-electron chi connectivity index (χ2n) is 6.06. The fourth-order valence-corrected chi connectivity index (χ4v) is 3.79. The van der Waals surface area contributed by atoms with Crippen LogP contribution in [-0.4, -0.2) is 28.8 Å². The van der Waals surface area contributed by atoms with Crippen molar-refractivity contribution in [3.8, 4) is 11.1 Å². The molecule has 0 unspecified atom stereocenters. The second-order valence-corrected chi connectivity index (χ2v) is 7.37. The Bertz CT molecular complexity index is 1180. The summed E-state index contributed by atoms with van der Waals surface area (Å²) in [5.41, 5.74) is -0.330. The van der Waals surface area contributed by atoms with Gasteiger partial charge in [0.15, 0.2) is 0 Å². The molecule has 10 nitrogen and oxygen atoms in total. The van der Waals surface area contributed by atoms with Crippen LogP contribution in [0.25, 0.3) is 11.1 Å². The molecule has 158 valence electrons. The van der Waals surface area contributed by atoms with E-state index in [0.717, 1.165) is 29.5 Å². The number of nitrogens with zero attached hydrogens (tertiary/aromatic N) is 2. The molecule has 31 heavy (non-hydrogen) atoms. The van der Waals surface area contributed by atoms with Crippen LogP contribution in [0.5, 0.6) is 0 Å². The van der Waals surface area contributed by atoms with Crippen molar-refractivity contribution in [2.75, 3.05) is 12.4 Å². The molecule has 0 atom stereocenters. The fraction of sp³-hybridized carbons (Fsp3) is 0.0526. The van der Waals surface area contributed by atoms with E-state index in [-0.39, 0.29) is 16.1 Å². The molecule has 12 heteroatoms. The zero-order valence-electron chi connectivity index (χ0n) is 15.7. The summed E-state index contributed by atoms with van der Waals surface area (Å²) >= 11 is 6.93. The van der Waals surface area contributed by atoms with Crippen molar-refractivity contribution >= 4 is 51.2 Å². The second kappa shape index (κ2) is 8.90. The van der Waals surface area contributed by atoms with Crippen molar-refractivity contribution < 1.29 is 24.2 Å². The molecule has 0 aliphatic rings. The van der Waals surface area contributed by atoms with Gasteiger partial charge in [-0.15, -0.1) is 11.3 Å². The average Bonchev–Trinajstić information content (AvgIpc) is 3.16. The Morgan fingerprint density at radius 2 is 1.61 bits per heavy atom. The van der Waals surface area contributed by atoms with Gasteiger partial charge in [0, 0.05) is 28.1 Å². The first-order chi connectivity index (χ1) is 14.7. The SMILES string of the molecule is COC(=O)c1c(-c2ccc(Cl)cc2)csc1NC(=O)c1cc([N+](=O)[O-])cc([N+](=O)[O-])c1. The number of non-ortho nitro benzene ring substituents is 2. The lowest BCUT2D eigenvalue weighted by Gasteiger charge is -2.08. The number of thiophene rings is 1. The number of methoxy groups -OCH3 is 1. The third-order valence-electron chi connectivity index (χ3n) is 4.15. The van der Waals surface area contributed by atoms with Crippen LogP contribution < -0.4 is 5.32 Å². The Labute approximate surface area is 183 Å². The van der Waals surface area contributed by atoms with Gasteiger partial charge in [0.05, 0.1) is 28.6 Å². The maximum absolute atomic E-state index is 12.7. The molecule has 0 aliphatic heterocycles. The van der Waals surface area contributed by atoms with Gasteiger partial charge in [0.2, 0.25) is 0 Å². The number of carbonyl (C=O) groups excluding carboxylic acids is 2. The number of anilines is 1. The predicted octanol–water partition coefficient (Wildman–Crippen LogP) is 4.92. The Kier molecular flexibility index (Phi) is 6.28. The number of esters is 1. The number of nitro groups is 2. The molecule has 0 saturated heterocycles. The van der Waals surface area contributed by atoms with Gasteiger partial charge in [0.25, 0.3) is 17.3 Å². The number of nitro benzene ring substituents is 2. The Balaban J connectivity index is 2.02. The third-order valence-corrected chi connectivity index (χ3v) is 5.30. The van der Waals surface area contributed by atoms with Gasteiger partial charge < -0.3 is 10.1 Å². The molecule has 0 fully saturated rings. The number of amides is 1. The van der Waals surface area contributed by atoms with Gasteiger partial charge in [-0.25, -0.2) is 4.79 Å². The first-order valence-electron chi connectivity index (χ1n) is 8.42. The van der Waals surface area contributed by atoms with Gasteiger partial charge in [0.1, 0.15) is 10.6 Å². The highest BCUT2D eigenvalue weighted by atomic mass is 35.5. The van der Waals surface area contributed by atoms with Crippen molar-refractivity contribution in [3.05, 3.63) is 84.2 Å². The highest BCUT2D eigenvalue weighted by Crippen LogP contribution is 2.37. The Hall–Kier alpha value is -3.83. The van der Waals surface area contributed by atoms with Gasteiger partial charge in [-0.2, -0.15) is 0 Å². The van der Waals surface area contributed by atoms with Crippen LogP contribution in [0.3, 0.4) is 0 Å². The van der Waals surface area contributed by atoms with Crippen molar-refractivity contribution in [1.29, 1.82) is 0 Å². The van der Waals surface area contributed by atoms with Gasteiger partial charge >= 0.3 is 5.97 Å². The molecule has 1 aromatic heterocycles. The normalized spacial score (nSPS) is 10.4. The molecule has 2 aromatic carbocycles. The predicted molar refractivity (Wildman–Crippen MR) is 114 cm³/mol. The summed E-state index contributed by atoms with van der Waals surface area (Å²) in [5.74, 6) is -1.58. The number of ether oxygens (including phenoxy) is 1. The van der Waals surface area contributed by atoms with Gasteiger partial charge in [-0.05, 0) is 17.7 Å². The number of carbonyl (C=O) groups is 2. The van der Waals surface area contributed by atoms with Crippen LogP contribution in [0.2, 0.25) is 5.02 Å². The van der Waals surface area contributed by atoms with Crippen LogP contribution in [0.15, 0.2) is 47.8 Å². The first kappa shape index (κ1) is 21.9. The van der Waals surface area contributed by atoms with E-state index in [1.807, 2.05) is 0 Å². The monoisotopic (exact) mass is 461 g/mol. The van der Waals surface area contributed by atoms with E-state index in [4.69, 9.17) is 16.3 Å². The Morgan fingerprint density at radius 3 is 2.13 bits per heavy atom. The minimum atomic E-state index is -0.860. The van der Waals surface area contributed by atoms with E-state index in [1.54, 1.807) is 29.6 Å². The molecule has 0 aliphatic carbocycles. The van der Waals surface area contributed by atoms with Crippen molar-refractivity contribution in [3.63, 3.8) is 0 Å². The molecule has 0 saturated carbocycles. The maximum Gasteiger partial charge on any atom is 0.341 e. The molecule has 0 spiro atoms. The third kappa shape index (κ3) is 4.68.